The number of carbonyl (C=O) groups excluding carboxylic acids is 2. The molecule has 0 radical (unpaired) electrons. The molecule has 0 saturated heterocycles. The summed E-state index contributed by atoms with van der Waals surface area (Å²) in [4.78, 5) is 38.5. The van der Waals surface area contributed by atoms with Crippen LogP contribution in [-0.4, -0.2) is 32.5 Å². The second-order valence-corrected chi connectivity index (χ2v) is 6.59. The lowest BCUT2D eigenvalue weighted by Gasteiger charge is -1.87. The summed E-state index contributed by atoms with van der Waals surface area (Å²) >= 11 is 0. The number of hydrogen-bond acceptors (Lipinski definition) is 4. The summed E-state index contributed by atoms with van der Waals surface area (Å²) in [5.41, 5.74) is 7.04. The van der Waals surface area contributed by atoms with Crippen LogP contribution in [0.4, 0.5) is 0 Å². The number of carbonyl (C=O) groups is 2. The molecule has 3 aromatic heterocycles. The van der Waals surface area contributed by atoms with Crippen LogP contribution in [0.5, 0.6) is 0 Å². The number of aldehydes is 2. The van der Waals surface area contributed by atoms with E-state index in [4.69, 9.17) is 0 Å². The van der Waals surface area contributed by atoms with E-state index >= 15 is 0 Å². The fourth-order valence-corrected chi connectivity index (χ4v) is 3.33. The second-order valence-electron chi connectivity index (χ2n) is 6.59. The monoisotopic (exact) mass is 366 g/mol. The van der Waals surface area contributed by atoms with Crippen molar-refractivity contribution >= 4 is 58.9 Å². The highest BCUT2D eigenvalue weighted by Crippen LogP contribution is 2.20. The number of hydrogen-bond donors (Lipinski definition) is 2. The van der Waals surface area contributed by atoms with Crippen LogP contribution in [0.15, 0.2) is 36.4 Å². The van der Waals surface area contributed by atoms with Gasteiger partial charge in [0.2, 0.25) is 0 Å². The Kier molecular flexibility index (Phi) is 3.62. The minimum absolute atomic E-state index is 0.562. The minimum Gasteiger partial charge on any atom is -0.355 e. The van der Waals surface area contributed by atoms with Gasteiger partial charge in [0.05, 0.1) is 33.8 Å². The first-order chi connectivity index (χ1) is 13.7. The van der Waals surface area contributed by atoms with Gasteiger partial charge in [-0.15, -0.1) is 0 Å². The van der Waals surface area contributed by atoms with Gasteiger partial charge in [-0.2, -0.15) is 0 Å². The van der Waals surface area contributed by atoms with E-state index < -0.39 is 0 Å². The molecule has 2 aliphatic rings. The molecule has 2 N–H and O–H groups in total. The second kappa shape index (κ2) is 6.28. The predicted octanol–water partition coefficient (Wildman–Crippen LogP) is 4.28. The van der Waals surface area contributed by atoms with Crippen molar-refractivity contribution in [2.75, 3.05) is 0 Å². The molecule has 3 aromatic rings. The number of H-pyrrole nitrogens is 2. The summed E-state index contributed by atoms with van der Waals surface area (Å²) in [6.45, 7) is 0. The van der Waals surface area contributed by atoms with Crippen LogP contribution in [0.2, 0.25) is 0 Å². The molecule has 0 spiro atoms. The maximum atomic E-state index is 11.4. The molecule has 28 heavy (non-hydrogen) atoms. The van der Waals surface area contributed by atoms with Gasteiger partial charge >= 0.3 is 0 Å². The average Bonchev–Trinajstić information content (AvgIpc) is 3.45. The molecule has 0 aliphatic carbocycles. The van der Waals surface area contributed by atoms with Crippen LogP contribution < -0.4 is 0 Å². The van der Waals surface area contributed by atoms with Gasteiger partial charge in [-0.05, 0) is 60.7 Å². The van der Waals surface area contributed by atoms with Crippen molar-refractivity contribution < 1.29 is 9.59 Å². The summed E-state index contributed by atoms with van der Waals surface area (Å²) in [7, 11) is 0. The highest BCUT2D eigenvalue weighted by Gasteiger charge is 2.06. The Morgan fingerprint density at radius 3 is 1.36 bits per heavy atom. The van der Waals surface area contributed by atoms with E-state index in [0.29, 0.717) is 22.2 Å². The quantitative estimate of drug-likeness (QED) is 0.456. The number of nitrogens with zero attached hydrogens (tertiary/aromatic N) is 2. The van der Waals surface area contributed by atoms with E-state index in [1.165, 1.54) is 0 Å². The van der Waals surface area contributed by atoms with Gasteiger partial charge in [0.25, 0.3) is 0 Å². The molecule has 2 aliphatic heterocycles. The standard InChI is InChI=1S/C22H14N4O2/c27-11-13-5-19-7-15-1-3-17(23-15)9-21-14(12-28)6-20(26-21)8-16-2-4-18(24-16)10-22(13)25-19/h1-12,25-26H. The summed E-state index contributed by atoms with van der Waals surface area (Å²) in [5.74, 6) is 0. The van der Waals surface area contributed by atoms with E-state index in [0.717, 1.165) is 46.4 Å². The molecule has 0 saturated carbocycles. The first-order valence-corrected chi connectivity index (χ1v) is 8.73. The Bertz CT molecular complexity index is 1250. The maximum absolute atomic E-state index is 11.4. The predicted molar refractivity (Wildman–Crippen MR) is 110 cm³/mol. The number of aromatic nitrogens is 4. The minimum atomic E-state index is 0.562. The third-order valence-electron chi connectivity index (χ3n) is 4.61. The molecule has 0 unspecified atom stereocenters. The van der Waals surface area contributed by atoms with Gasteiger partial charge in [0, 0.05) is 22.2 Å². The van der Waals surface area contributed by atoms with Gasteiger partial charge in [-0.25, -0.2) is 9.97 Å². The van der Waals surface area contributed by atoms with E-state index in [9.17, 15) is 9.59 Å². The SMILES string of the molecule is O=Cc1cc2cc3nc(cc4[nH]c(cc5nc(cc1[nH]2)C=C5)cc4C=O)C=C3. The van der Waals surface area contributed by atoms with Crippen molar-refractivity contribution in [3.8, 4) is 0 Å². The highest BCUT2D eigenvalue weighted by molar-refractivity contribution is 5.92. The summed E-state index contributed by atoms with van der Waals surface area (Å²) in [6, 6.07) is 11.0. The zero-order chi connectivity index (χ0) is 19.1. The highest BCUT2D eigenvalue weighted by atomic mass is 16.1. The van der Waals surface area contributed by atoms with E-state index in [1.807, 2.05) is 48.6 Å². The lowest BCUT2D eigenvalue weighted by atomic mass is 10.2. The number of nitrogens with one attached hydrogen (secondary N) is 2. The van der Waals surface area contributed by atoms with Crippen molar-refractivity contribution in [3.63, 3.8) is 0 Å². The summed E-state index contributed by atoms with van der Waals surface area (Å²) < 4.78 is 0. The molecule has 0 atom stereocenters. The van der Waals surface area contributed by atoms with Crippen LogP contribution in [0.1, 0.15) is 43.5 Å². The molecule has 0 aromatic carbocycles. The molecule has 5 rings (SSSR count). The molecular weight excluding hydrogens is 352 g/mol. The number of aromatic amines is 2. The van der Waals surface area contributed by atoms with Crippen molar-refractivity contribution in [2.24, 2.45) is 0 Å². The zero-order valence-electron chi connectivity index (χ0n) is 14.6. The molecule has 6 heteroatoms. The average molecular weight is 366 g/mol. The largest absolute Gasteiger partial charge is 0.355 e. The molecule has 0 fully saturated rings. The van der Waals surface area contributed by atoms with Crippen LogP contribution in [0.25, 0.3) is 46.4 Å². The van der Waals surface area contributed by atoms with Crippen LogP contribution >= 0.6 is 0 Å². The molecular formula is C22H14N4O2. The molecule has 0 amide bonds. The lowest BCUT2D eigenvalue weighted by molar-refractivity contribution is 0.111. The lowest BCUT2D eigenvalue weighted by Crippen LogP contribution is -1.77. The third kappa shape index (κ3) is 2.87. The first kappa shape index (κ1) is 16.1. The molecule has 6 nitrogen and oxygen atoms in total. The van der Waals surface area contributed by atoms with Gasteiger partial charge in [0.1, 0.15) is 0 Å². The molecule has 134 valence electrons. The fourth-order valence-electron chi connectivity index (χ4n) is 3.33. The van der Waals surface area contributed by atoms with Crippen LogP contribution in [-0.2, 0) is 0 Å². The van der Waals surface area contributed by atoms with Crippen molar-refractivity contribution in [2.45, 2.75) is 0 Å². The third-order valence-corrected chi connectivity index (χ3v) is 4.61. The van der Waals surface area contributed by atoms with Crippen molar-refractivity contribution in [1.29, 1.82) is 0 Å². The van der Waals surface area contributed by atoms with E-state index in [1.54, 1.807) is 12.1 Å². The Morgan fingerprint density at radius 1 is 0.571 bits per heavy atom. The smallest absolute Gasteiger partial charge is 0.152 e. The van der Waals surface area contributed by atoms with Gasteiger partial charge in [-0.3, -0.25) is 9.59 Å². The van der Waals surface area contributed by atoms with Crippen LogP contribution in [0.3, 0.4) is 0 Å². The summed E-state index contributed by atoms with van der Waals surface area (Å²) in [6.07, 6.45) is 9.17. The van der Waals surface area contributed by atoms with Crippen LogP contribution in [0, 0.1) is 0 Å². The van der Waals surface area contributed by atoms with Gasteiger partial charge in [-0.1, -0.05) is 0 Å². The van der Waals surface area contributed by atoms with Gasteiger partial charge < -0.3 is 9.97 Å². The zero-order valence-corrected chi connectivity index (χ0v) is 14.6. The van der Waals surface area contributed by atoms with Crippen molar-refractivity contribution in [1.82, 2.24) is 19.9 Å². The van der Waals surface area contributed by atoms with Crippen molar-refractivity contribution in [3.05, 3.63) is 70.3 Å². The Labute approximate surface area is 159 Å². The normalized spacial score (nSPS) is 12.3. The summed E-state index contributed by atoms with van der Waals surface area (Å²) in [5, 5.41) is 0. The first-order valence-electron chi connectivity index (χ1n) is 8.73. The molecule has 8 bridgehead atoms. The maximum Gasteiger partial charge on any atom is 0.152 e. The number of fused-ring (bicyclic) bond motifs is 8. The Hall–Kier alpha value is -4.06. The van der Waals surface area contributed by atoms with E-state index in [-0.39, 0.29) is 0 Å². The topological polar surface area (TPSA) is 91.5 Å². The molecule has 5 heterocycles. The Balaban J connectivity index is 1.89. The van der Waals surface area contributed by atoms with E-state index in [2.05, 4.69) is 19.9 Å². The fraction of sp³-hybridized carbons (Fsp3) is 0. The Morgan fingerprint density at radius 2 is 0.964 bits per heavy atom. The van der Waals surface area contributed by atoms with Gasteiger partial charge in [0.15, 0.2) is 12.6 Å². The number of rotatable bonds is 2.